The van der Waals surface area contributed by atoms with Crippen LogP contribution in [0.5, 0.6) is 0 Å². The molecule has 0 radical (unpaired) electrons. The van der Waals surface area contributed by atoms with Gasteiger partial charge in [0.25, 0.3) is 0 Å². The third kappa shape index (κ3) is 3.20. The Morgan fingerprint density at radius 2 is 2.07 bits per heavy atom. The van der Waals surface area contributed by atoms with Crippen molar-refractivity contribution in [1.82, 2.24) is 4.90 Å². The minimum absolute atomic E-state index is 0.818. The number of hydrogen-bond acceptors (Lipinski definition) is 1. The highest BCUT2D eigenvalue weighted by Gasteiger charge is 2.20. The standard InChI is InChI=1S/C12H15BrClN/c13-7-11-5-6-15(9-11)8-10-1-3-12(14)4-2-10/h1-4,11H,5-9H2. The van der Waals surface area contributed by atoms with Crippen LogP contribution in [0.2, 0.25) is 5.02 Å². The lowest BCUT2D eigenvalue weighted by Crippen LogP contribution is -2.20. The number of benzene rings is 1. The van der Waals surface area contributed by atoms with Gasteiger partial charge in [-0.2, -0.15) is 0 Å². The molecule has 82 valence electrons. The summed E-state index contributed by atoms with van der Waals surface area (Å²) < 4.78 is 0. The molecule has 1 unspecified atom stereocenters. The van der Waals surface area contributed by atoms with Crippen LogP contribution in [0.3, 0.4) is 0 Å². The largest absolute Gasteiger partial charge is 0.299 e. The molecule has 1 nitrogen and oxygen atoms in total. The summed E-state index contributed by atoms with van der Waals surface area (Å²) in [5, 5.41) is 1.95. The van der Waals surface area contributed by atoms with Crippen LogP contribution in [-0.4, -0.2) is 23.3 Å². The van der Waals surface area contributed by atoms with Gasteiger partial charge in [-0.25, -0.2) is 0 Å². The van der Waals surface area contributed by atoms with Crippen molar-refractivity contribution in [3.63, 3.8) is 0 Å². The first-order chi connectivity index (χ1) is 7.28. The average molecular weight is 289 g/mol. The van der Waals surface area contributed by atoms with Gasteiger partial charge in [-0.15, -0.1) is 0 Å². The topological polar surface area (TPSA) is 3.24 Å². The van der Waals surface area contributed by atoms with E-state index in [0.717, 1.165) is 22.8 Å². The van der Waals surface area contributed by atoms with E-state index in [1.165, 1.54) is 25.1 Å². The molecule has 1 aromatic rings. The molecule has 1 saturated heterocycles. The Hall–Kier alpha value is -0.0500. The number of hydrogen-bond donors (Lipinski definition) is 0. The van der Waals surface area contributed by atoms with Gasteiger partial charge in [0.1, 0.15) is 0 Å². The Kier molecular flexibility index (Phi) is 4.06. The molecule has 1 heterocycles. The van der Waals surface area contributed by atoms with Crippen molar-refractivity contribution in [2.24, 2.45) is 5.92 Å². The molecule has 1 atom stereocenters. The second-order valence-electron chi connectivity index (χ2n) is 4.17. The zero-order chi connectivity index (χ0) is 10.7. The van der Waals surface area contributed by atoms with Gasteiger partial charge in [0.15, 0.2) is 0 Å². The molecule has 1 aliphatic rings. The fourth-order valence-corrected chi connectivity index (χ4v) is 2.68. The fourth-order valence-electron chi connectivity index (χ4n) is 2.03. The molecule has 0 amide bonds. The van der Waals surface area contributed by atoms with Crippen molar-refractivity contribution in [2.75, 3.05) is 18.4 Å². The molecule has 1 fully saturated rings. The molecule has 2 rings (SSSR count). The lowest BCUT2D eigenvalue weighted by Gasteiger charge is -2.15. The number of nitrogens with zero attached hydrogens (tertiary/aromatic N) is 1. The molecular weight excluding hydrogens is 273 g/mol. The van der Waals surface area contributed by atoms with E-state index in [-0.39, 0.29) is 0 Å². The second kappa shape index (κ2) is 5.33. The van der Waals surface area contributed by atoms with Crippen LogP contribution >= 0.6 is 27.5 Å². The van der Waals surface area contributed by atoms with Gasteiger partial charge in [0.2, 0.25) is 0 Å². The summed E-state index contributed by atoms with van der Waals surface area (Å²) in [6.45, 7) is 3.49. The molecule has 0 aromatic heterocycles. The molecule has 15 heavy (non-hydrogen) atoms. The SMILES string of the molecule is Clc1ccc(CN2CCC(CBr)C2)cc1. The molecule has 0 saturated carbocycles. The smallest absolute Gasteiger partial charge is 0.0406 e. The van der Waals surface area contributed by atoms with Crippen molar-refractivity contribution >= 4 is 27.5 Å². The monoisotopic (exact) mass is 287 g/mol. The Balaban J connectivity index is 1.90. The van der Waals surface area contributed by atoms with Gasteiger partial charge in [0.05, 0.1) is 0 Å². The van der Waals surface area contributed by atoms with Crippen molar-refractivity contribution in [2.45, 2.75) is 13.0 Å². The minimum atomic E-state index is 0.818. The maximum atomic E-state index is 5.85. The number of rotatable bonds is 3. The zero-order valence-electron chi connectivity index (χ0n) is 8.63. The van der Waals surface area contributed by atoms with Gasteiger partial charge in [0, 0.05) is 23.4 Å². The van der Waals surface area contributed by atoms with Crippen LogP contribution < -0.4 is 0 Å². The lowest BCUT2D eigenvalue weighted by molar-refractivity contribution is 0.321. The van der Waals surface area contributed by atoms with Gasteiger partial charge in [-0.3, -0.25) is 4.90 Å². The molecule has 3 heteroatoms. The van der Waals surface area contributed by atoms with Gasteiger partial charge in [-0.05, 0) is 36.6 Å². The second-order valence-corrected chi connectivity index (χ2v) is 5.25. The maximum absolute atomic E-state index is 5.85. The summed E-state index contributed by atoms with van der Waals surface area (Å²) in [7, 11) is 0. The normalized spacial score (nSPS) is 22.1. The maximum Gasteiger partial charge on any atom is 0.0406 e. The van der Waals surface area contributed by atoms with Crippen LogP contribution in [0.4, 0.5) is 0 Å². The summed E-state index contributed by atoms with van der Waals surface area (Å²) in [6.07, 6.45) is 1.32. The van der Waals surface area contributed by atoms with E-state index in [9.17, 15) is 0 Å². The van der Waals surface area contributed by atoms with E-state index in [0.29, 0.717) is 0 Å². The van der Waals surface area contributed by atoms with Gasteiger partial charge < -0.3 is 0 Å². The predicted molar refractivity (Wildman–Crippen MR) is 68.6 cm³/mol. The highest BCUT2D eigenvalue weighted by molar-refractivity contribution is 9.09. The fraction of sp³-hybridized carbons (Fsp3) is 0.500. The molecule has 1 aromatic carbocycles. The molecular formula is C12H15BrClN. The summed E-state index contributed by atoms with van der Waals surface area (Å²) in [4.78, 5) is 2.51. The quantitative estimate of drug-likeness (QED) is 0.769. The third-order valence-electron chi connectivity index (χ3n) is 2.91. The first-order valence-electron chi connectivity index (χ1n) is 5.30. The van der Waals surface area contributed by atoms with E-state index >= 15 is 0 Å². The lowest BCUT2D eigenvalue weighted by atomic mass is 10.2. The highest BCUT2D eigenvalue weighted by Crippen LogP contribution is 2.20. The Labute approximate surface area is 105 Å². The van der Waals surface area contributed by atoms with Crippen molar-refractivity contribution < 1.29 is 0 Å². The summed E-state index contributed by atoms with van der Waals surface area (Å²) in [5.74, 6) is 0.831. The van der Waals surface area contributed by atoms with Crippen LogP contribution in [0.1, 0.15) is 12.0 Å². The van der Waals surface area contributed by atoms with Gasteiger partial charge in [-0.1, -0.05) is 39.7 Å². The van der Waals surface area contributed by atoms with Crippen LogP contribution in [-0.2, 0) is 6.54 Å². The predicted octanol–water partition coefficient (Wildman–Crippen LogP) is 3.56. The average Bonchev–Trinajstić information content (AvgIpc) is 2.69. The van der Waals surface area contributed by atoms with E-state index in [2.05, 4.69) is 33.0 Å². The molecule has 0 aliphatic carbocycles. The minimum Gasteiger partial charge on any atom is -0.299 e. The van der Waals surface area contributed by atoms with E-state index < -0.39 is 0 Å². The Morgan fingerprint density at radius 3 is 2.67 bits per heavy atom. The molecule has 0 spiro atoms. The Morgan fingerprint density at radius 1 is 1.33 bits per heavy atom. The summed E-state index contributed by atoms with van der Waals surface area (Å²) >= 11 is 9.41. The molecule has 1 aliphatic heterocycles. The Bertz CT molecular complexity index is 312. The molecule has 0 N–H and O–H groups in total. The first kappa shape index (κ1) is 11.4. The number of likely N-dealkylation sites (tertiary alicyclic amines) is 1. The van der Waals surface area contributed by atoms with E-state index in [4.69, 9.17) is 11.6 Å². The van der Waals surface area contributed by atoms with Crippen molar-refractivity contribution in [1.29, 1.82) is 0 Å². The van der Waals surface area contributed by atoms with E-state index in [1.54, 1.807) is 0 Å². The zero-order valence-corrected chi connectivity index (χ0v) is 11.0. The summed E-state index contributed by atoms with van der Waals surface area (Å²) in [5.41, 5.74) is 1.36. The van der Waals surface area contributed by atoms with Crippen molar-refractivity contribution in [3.05, 3.63) is 34.9 Å². The van der Waals surface area contributed by atoms with Gasteiger partial charge >= 0.3 is 0 Å². The van der Waals surface area contributed by atoms with Crippen molar-refractivity contribution in [3.8, 4) is 0 Å². The van der Waals surface area contributed by atoms with E-state index in [1.807, 2.05) is 12.1 Å². The summed E-state index contributed by atoms with van der Waals surface area (Å²) in [6, 6.07) is 8.16. The third-order valence-corrected chi connectivity index (χ3v) is 4.08. The highest BCUT2D eigenvalue weighted by atomic mass is 79.9. The van der Waals surface area contributed by atoms with Crippen LogP contribution in [0.25, 0.3) is 0 Å². The first-order valence-corrected chi connectivity index (χ1v) is 6.80. The van der Waals surface area contributed by atoms with Crippen LogP contribution in [0.15, 0.2) is 24.3 Å². The van der Waals surface area contributed by atoms with Crippen LogP contribution in [0, 0.1) is 5.92 Å². The molecule has 0 bridgehead atoms. The number of halogens is 2. The number of alkyl halides is 1.